The second-order valence-corrected chi connectivity index (χ2v) is 7.59. The molecule has 0 aromatic heterocycles. The topological polar surface area (TPSA) is 74.6 Å². The van der Waals surface area contributed by atoms with Crippen molar-refractivity contribution in [1.29, 1.82) is 0 Å². The van der Waals surface area contributed by atoms with Gasteiger partial charge >= 0.3 is 5.97 Å². The number of carbonyl (C=O) groups is 2. The Bertz CT molecular complexity index is 359. The molecule has 0 aliphatic heterocycles. The van der Waals surface area contributed by atoms with Crippen LogP contribution in [0.1, 0.15) is 97.3 Å². The first-order valence-electron chi connectivity index (χ1n) is 9.41. The van der Waals surface area contributed by atoms with Gasteiger partial charge in [0.25, 0.3) is 0 Å². The fourth-order valence-electron chi connectivity index (χ4n) is 2.90. The van der Waals surface area contributed by atoms with E-state index in [1.165, 1.54) is 6.92 Å². The van der Waals surface area contributed by atoms with Crippen molar-refractivity contribution in [3.63, 3.8) is 0 Å². The molecule has 0 fully saturated rings. The third-order valence-corrected chi connectivity index (χ3v) is 5.24. The zero-order valence-corrected chi connectivity index (χ0v) is 16.1. The Morgan fingerprint density at radius 1 is 0.958 bits per heavy atom. The van der Waals surface area contributed by atoms with E-state index in [1.807, 2.05) is 0 Å². The van der Waals surface area contributed by atoms with Gasteiger partial charge in [0.1, 0.15) is 4.87 Å². The second-order valence-electron chi connectivity index (χ2n) is 6.87. The van der Waals surface area contributed by atoms with Gasteiger partial charge in [0.2, 0.25) is 0 Å². The van der Waals surface area contributed by atoms with Crippen LogP contribution < -0.4 is 0 Å². The Morgan fingerprint density at radius 3 is 2.12 bits per heavy atom. The number of rotatable bonds is 16. The summed E-state index contributed by atoms with van der Waals surface area (Å²) in [4.78, 5) is 21.5. The van der Waals surface area contributed by atoms with E-state index in [9.17, 15) is 14.7 Å². The van der Waals surface area contributed by atoms with Crippen LogP contribution in [0.4, 0.5) is 0 Å². The molecule has 0 saturated heterocycles. The quantitative estimate of drug-likeness (QED) is 0.296. The Balaban J connectivity index is 3.99. The van der Waals surface area contributed by atoms with E-state index in [1.54, 1.807) is 0 Å². The molecule has 0 aliphatic rings. The van der Waals surface area contributed by atoms with Crippen molar-refractivity contribution in [2.75, 3.05) is 0 Å². The van der Waals surface area contributed by atoms with Crippen LogP contribution >= 0.6 is 11.6 Å². The number of aliphatic hydroxyl groups is 1. The summed E-state index contributed by atoms with van der Waals surface area (Å²) in [6, 6.07) is 0. The van der Waals surface area contributed by atoms with Crippen LogP contribution in [0.25, 0.3) is 0 Å². The highest BCUT2D eigenvalue weighted by atomic mass is 35.5. The lowest BCUT2D eigenvalue weighted by atomic mass is 9.90. The number of hydrogen-bond acceptors (Lipinski definition) is 3. The summed E-state index contributed by atoms with van der Waals surface area (Å²) in [5, 5.41) is 18.5. The fraction of sp³-hybridized carbons (Fsp3) is 0.895. The minimum atomic E-state index is -0.823. The van der Waals surface area contributed by atoms with Crippen LogP contribution in [0.3, 0.4) is 0 Å². The highest BCUT2D eigenvalue weighted by Gasteiger charge is 2.31. The van der Waals surface area contributed by atoms with E-state index < -0.39 is 10.8 Å². The van der Waals surface area contributed by atoms with Gasteiger partial charge in [-0.15, -0.1) is 11.6 Å². The number of alkyl halides is 1. The summed E-state index contributed by atoms with van der Waals surface area (Å²) in [5.74, 6) is -0.766. The maximum Gasteiger partial charge on any atom is 0.303 e. The van der Waals surface area contributed by atoms with Gasteiger partial charge in [-0.3, -0.25) is 9.59 Å². The summed E-state index contributed by atoms with van der Waals surface area (Å²) in [6.07, 6.45) is 10.0. The second kappa shape index (κ2) is 13.7. The van der Waals surface area contributed by atoms with E-state index in [2.05, 4.69) is 6.92 Å². The van der Waals surface area contributed by atoms with Gasteiger partial charge < -0.3 is 10.2 Å². The average molecular weight is 363 g/mol. The molecule has 0 heterocycles. The van der Waals surface area contributed by atoms with Gasteiger partial charge in [0, 0.05) is 6.42 Å². The normalized spacial score (nSPS) is 15.0. The van der Waals surface area contributed by atoms with Gasteiger partial charge in [-0.05, 0) is 45.4 Å². The van der Waals surface area contributed by atoms with E-state index in [0.29, 0.717) is 25.7 Å². The average Bonchev–Trinajstić information content (AvgIpc) is 2.50. The maximum atomic E-state index is 11.9. The zero-order chi connectivity index (χ0) is 18.4. The van der Waals surface area contributed by atoms with Crippen molar-refractivity contribution in [2.45, 2.75) is 108 Å². The van der Waals surface area contributed by atoms with Crippen LogP contribution in [0.15, 0.2) is 0 Å². The van der Waals surface area contributed by atoms with Crippen molar-refractivity contribution in [3.8, 4) is 0 Å². The number of hydrogen-bond donors (Lipinski definition) is 2. The van der Waals surface area contributed by atoms with Gasteiger partial charge in [-0.2, -0.15) is 0 Å². The number of unbranched alkanes of at least 4 members (excludes halogenated alkanes) is 5. The highest BCUT2D eigenvalue weighted by Crippen LogP contribution is 2.31. The number of aliphatic carboxylic acids is 1. The molecule has 5 heteroatoms. The summed E-state index contributed by atoms with van der Waals surface area (Å²) in [5.41, 5.74) is 0. The van der Waals surface area contributed by atoms with E-state index in [0.717, 1.165) is 51.4 Å². The van der Waals surface area contributed by atoms with E-state index in [-0.39, 0.29) is 18.3 Å². The molecule has 2 unspecified atom stereocenters. The summed E-state index contributed by atoms with van der Waals surface area (Å²) >= 11 is 6.52. The molecule has 2 atom stereocenters. The van der Waals surface area contributed by atoms with Crippen LogP contribution in [-0.2, 0) is 9.59 Å². The maximum absolute atomic E-state index is 11.9. The zero-order valence-electron chi connectivity index (χ0n) is 15.4. The number of halogens is 1. The first kappa shape index (κ1) is 23.4. The van der Waals surface area contributed by atoms with Crippen molar-refractivity contribution in [2.24, 2.45) is 0 Å². The molecule has 4 nitrogen and oxygen atoms in total. The summed E-state index contributed by atoms with van der Waals surface area (Å²) < 4.78 is 0. The van der Waals surface area contributed by atoms with Crippen molar-refractivity contribution < 1.29 is 19.8 Å². The lowest BCUT2D eigenvalue weighted by Gasteiger charge is -2.24. The minimum absolute atomic E-state index is 0.00447. The number of carboxylic acids is 1. The van der Waals surface area contributed by atoms with Crippen molar-refractivity contribution >= 4 is 23.4 Å². The lowest BCUT2D eigenvalue weighted by molar-refractivity contribution is -0.137. The Morgan fingerprint density at radius 2 is 1.54 bits per heavy atom. The van der Waals surface area contributed by atoms with Crippen LogP contribution in [0.5, 0.6) is 0 Å². The van der Waals surface area contributed by atoms with Crippen molar-refractivity contribution in [3.05, 3.63) is 0 Å². The van der Waals surface area contributed by atoms with Gasteiger partial charge in [0.05, 0.1) is 6.10 Å². The van der Waals surface area contributed by atoms with Gasteiger partial charge in [0.15, 0.2) is 5.78 Å². The smallest absolute Gasteiger partial charge is 0.303 e. The number of Topliss-reactive ketones (excluding diaryl/α,β-unsaturated/α-hetero) is 1. The predicted octanol–water partition coefficient (Wildman–Crippen LogP) is 5.09. The Labute approximate surface area is 152 Å². The van der Waals surface area contributed by atoms with E-state index in [4.69, 9.17) is 16.7 Å². The van der Waals surface area contributed by atoms with Gasteiger partial charge in [-0.25, -0.2) is 0 Å². The Hall–Kier alpha value is -0.610. The molecule has 0 aliphatic carbocycles. The van der Waals surface area contributed by atoms with Crippen LogP contribution in [-0.4, -0.2) is 32.9 Å². The number of ketones is 1. The molecule has 24 heavy (non-hydrogen) atoms. The lowest BCUT2D eigenvalue weighted by Crippen LogP contribution is -2.30. The molecule has 0 radical (unpaired) electrons. The first-order valence-corrected chi connectivity index (χ1v) is 9.79. The third-order valence-electron chi connectivity index (χ3n) is 4.60. The molecule has 0 aromatic carbocycles. The molecule has 2 N–H and O–H groups in total. The van der Waals surface area contributed by atoms with Crippen molar-refractivity contribution in [1.82, 2.24) is 0 Å². The molecule has 0 aromatic rings. The number of carbonyl (C=O) groups excluding carboxylic acids is 1. The molecule has 0 rings (SSSR count). The molecule has 0 amide bonds. The molecule has 0 saturated carbocycles. The molecule has 0 bridgehead atoms. The predicted molar refractivity (Wildman–Crippen MR) is 98.6 cm³/mol. The van der Waals surface area contributed by atoms with Gasteiger partial charge in [-0.1, -0.05) is 45.4 Å². The van der Waals surface area contributed by atoms with E-state index >= 15 is 0 Å². The molecular weight excluding hydrogens is 328 g/mol. The molecule has 142 valence electrons. The summed E-state index contributed by atoms with van der Waals surface area (Å²) in [6.45, 7) is 3.68. The monoisotopic (exact) mass is 362 g/mol. The summed E-state index contributed by atoms with van der Waals surface area (Å²) in [7, 11) is 0. The molecule has 0 spiro atoms. The third kappa shape index (κ3) is 11.9. The number of carboxylic acid groups (broad SMARTS) is 1. The highest BCUT2D eigenvalue weighted by molar-refractivity contribution is 6.34. The largest absolute Gasteiger partial charge is 0.481 e. The standard InChI is InChI=1S/C19H35ClO4/c1-3-4-7-11-17(22)12-10-15-19(20,16(2)21)14-9-6-5-8-13-18(23)24/h17,22H,3-15H2,1-2H3,(H,23,24). The Kier molecular flexibility index (Phi) is 13.3. The SMILES string of the molecule is CCCCCC(O)CCCC(Cl)(CCCCCCC(=O)O)C(C)=O. The first-order chi connectivity index (χ1) is 11.3. The molecular formula is C19H35ClO4. The minimum Gasteiger partial charge on any atom is -0.481 e. The fourth-order valence-corrected chi connectivity index (χ4v) is 3.17. The van der Waals surface area contributed by atoms with Crippen LogP contribution in [0.2, 0.25) is 0 Å². The van der Waals surface area contributed by atoms with Crippen LogP contribution in [0, 0.1) is 0 Å². The number of aliphatic hydroxyl groups excluding tert-OH is 1.